The van der Waals surface area contributed by atoms with Gasteiger partial charge in [-0.2, -0.15) is 0 Å². The van der Waals surface area contributed by atoms with Crippen LogP contribution in [0.25, 0.3) is 33.5 Å². The smallest absolute Gasteiger partial charge is 0.251 e. The molecule has 0 aliphatic carbocycles. The number of carbonyl (C=O) groups excluding carboxylic acids is 1. The van der Waals surface area contributed by atoms with Crippen LogP contribution in [-0.4, -0.2) is 32.4 Å². The van der Waals surface area contributed by atoms with E-state index in [0.29, 0.717) is 55.7 Å². The van der Waals surface area contributed by atoms with E-state index in [1.165, 1.54) is 12.1 Å². The van der Waals surface area contributed by atoms with Gasteiger partial charge in [0.1, 0.15) is 11.6 Å². The quantitative estimate of drug-likeness (QED) is 0.240. The Hall–Kier alpha value is -3.81. The van der Waals surface area contributed by atoms with Crippen LogP contribution in [0.3, 0.4) is 0 Å². The number of aromatic amines is 1. The van der Waals surface area contributed by atoms with E-state index in [4.69, 9.17) is 33.2 Å². The average molecular weight is 520 g/mol. The van der Waals surface area contributed by atoms with Gasteiger partial charge in [-0.25, -0.2) is 19.3 Å². The molecule has 36 heavy (non-hydrogen) atoms. The number of fused-ring (bicyclic) bond motifs is 1. The molecule has 0 bridgehead atoms. The zero-order valence-electron chi connectivity index (χ0n) is 18.9. The Morgan fingerprint density at radius 3 is 2.39 bits per heavy atom. The van der Waals surface area contributed by atoms with E-state index in [9.17, 15) is 9.18 Å². The van der Waals surface area contributed by atoms with Crippen molar-refractivity contribution >= 4 is 40.1 Å². The van der Waals surface area contributed by atoms with Gasteiger partial charge in [0.15, 0.2) is 0 Å². The van der Waals surface area contributed by atoms with Gasteiger partial charge in [-0.3, -0.25) is 4.79 Å². The number of H-pyrrole nitrogens is 1. The predicted octanol–water partition coefficient (Wildman–Crippen LogP) is 6.50. The van der Waals surface area contributed by atoms with Gasteiger partial charge < -0.3 is 10.3 Å². The van der Waals surface area contributed by atoms with Crippen LogP contribution in [0.4, 0.5) is 4.39 Å². The minimum atomic E-state index is -0.344. The maximum Gasteiger partial charge on any atom is 0.251 e. The van der Waals surface area contributed by atoms with E-state index >= 15 is 0 Å². The van der Waals surface area contributed by atoms with Crippen molar-refractivity contribution in [1.29, 1.82) is 0 Å². The third-order valence-electron chi connectivity index (χ3n) is 5.67. The lowest BCUT2D eigenvalue weighted by Crippen LogP contribution is -2.24. The average Bonchev–Trinajstić information content (AvgIpc) is 3.41. The topological polar surface area (TPSA) is 83.6 Å². The molecule has 9 heteroatoms. The molecule has 0 atom stereocenters. The van der Waals surface area contributed by atoms with Crippen LogP contribution in [0, 0.1) is 5.82 Å². The molecule has 0 saturated carbocycles. The van der Waals surface area contributed by atoms with Crippen LogP contribution < -0.4 is 5.32 Å². The van der Waals surface area contributed by atoms with Crippen LogP contribution in [0.15, 0.2) is 73.1 Å². The van der Waals surface area contributed by atoms with E-state index in [-0.39, 0.29) is 11.7 Å². The van der Waals surface area contributed by atoms with Gasteiger partial charge in [-0.05, 0) is 61.0 Å². The molecule has 5 rings (SSSR count). The van der Waals surface area contributed by atoms with E-state index < -0.39 is 0 Å². The number of rotatable bonds is 7. The van der Waals surface area contributed by atoms with Gasteiger partial charge in [-0.15, -0.1) is 0 Å². The molecule has 2 aromatic heterocycles. The van der Waals surface area contributed by atoms with Crippen molar-refractivity contribution in [3.8, 4) is 22.5 Å². The minimum Gasteiger partial charge on any atom is -0.352 e. The number of halogens is 3. The fourth-order valence-corrected chi connectivity index (χ4v) is 4.14. The highest BCUT2D eigenvalue weighted by Crippen LogP contribution is 2.34. The van der Waals surface area contributed by atoms with E-state index in [0.717, 1.165) is 18.7 Å². The first-order valence-electron chi connectivity index (χ1n) is 11.3. The highest BCUT2D eigenvalue weighted by atomic mass is 35.5. The molecule has 0 fully saturated rings. The Morgan fingerprint density at radius 2 is 1.64 bits per heavy atom. The predicted molar refractivity (Wildman–Crippen MR) is 140 cm³/mol. The van der Waals surface area contributed by atoms with Crippen molar-refractivity contribution in [3.05, 3.63) is 100 Å². The summed E-state index contributed by atoms with van der Waals surface area (Å²) < 4.78 is 13.6. The number of imidazole rings is 1. The minimum absolute atomic E-state index is 0.197. The van der Waals surface area contributed by atoms with Gasteiger partial charge in [0.05, 0.1) is 32.5 Å². The largest absolute Gasteiger partial charge is 0.352 e. The number of nitrogens with zero attached hydrogens (tertiary/aromatic N) is 3. The monoisotopic (exact) mass is 519 g/mol. The molecule has 6 nitrogen and oxygen atoms in total. The lowest BCUT2D eigenvalue weighted by atomic mass is 10.0. The van der Waals surface area contributed by atoms with Gasteiger partial charge in [0, 0.05) is 42.0 Å². The molecule has 0 aliphatic rings. The van der Waals surface area contributed by atoms with Crippen molar-refractivity contribution in [3.63, 3.8) is 0 Å². The van der Waals surface area contributed by atoms with Crippen molar-refractivity contribution in [2.24, 2.45) is 0 Å². The van der Waals surface area contributed by atoms with Crippen LogP contribution in [0.1, 0.15) is 22.6 Å². The molecule has 0 aliphatic heterocycles. The second-order valence-electron chi connectivity index (χ2n) is 8.16. The lowest BCUT2D eigenvalue weighted by molar-refractivity contribution is 0.0953. The number of hydrogen-bond acceptors (Lipinski definition) is 4. The maximum atomic E-state index is 13.6. The maximum absolute atomic E-state index is 13.6. The van der Waals surface area contributed by atoms with Crippen LogP contribution in [-0.2, 0) is 6.42 Å². The summed E-state index contributed by atoms with van der Waals surface area (Å²) in [5.41, 5.74) is 4.14. The summed E-state index contributed by atoms with van der Waals surface area (Å²) in [6.07, 6.45) is 4.99. The molecule has 0 saturated heterocycles. The number of carbonyl (C=O) groups is 1. The summed E-state index contributed by atoms with van der Waals surface area (Å²) in [5, 5.41) is 3.73. The number of aryl methyl sites for hydroxylation is 1. The molecule has 5 aromatic rings. The molecule has 180 valence electrons. The Morgan fingerprint density at radius 1 is 0.889 bits per heavy atom. The number of amides is 1. The Kier molecular flexibility index (Phi) is 6.93. The fourth-order valence-electron chi connectivity index (χ4n) is 3.84. The Bertz CT molecular complexity index is 1540. The fraction of sp³-hybridized carbons (Fsp3) is 0.111. The number of benzene rings is 3. The Labute approximate surface area is 216 Å². The summed E-state index contributed by atoms with van der Waals surface area (Å²) in [4.78, 5) is 29.6. The van der Waals surface area contributed by atoms with Crippen LogP contribution in [0.5, 0.6) is 0 Å². The first kappa shape index (κ1) is 23.9. The molecule has 3 aromatic carbocycles. The van der Waals surface area contributed by atoms with E-state index in [1.807, 2.05) is 0 Å². The summed E-state index contributed by atoms with van der Waals surface area (Å²) in [6.45, 7) is 0.515. The number of aromatic nitrogens is 4. The molecule has 2 heterocycles. The first-order valence-corrected chi connectivity index (χ1v) is 12.0. The van der Waals surface area contributed by atoms with Crippen molar-refractivity contribution < 1.29 is 9.18 Å². The number of hydrogen-bond donors (Lipinski definition) is 2. The first-order chi connectivity index (χ1) is 17.5. The summed E-state index contributed by atoms with van der Waals surface area (Å²) in [5.74, 6) is 0.345. The third kappa shape index (κ3) is 5.22. The van der Waals surface area contributed by atoms with Crippen LogP contribution in [0.2, 0.25) is 10.0 Å². The van der Waals surface area contributed by atoms with Crippen molar-refractivity contribution in [1.82, 2.24) is 25.3 Å². The molecule has 0 unspecified atom stereocenters. The SMILES string of the molecule is O=C(NCCCc1ncc[nH]1)c1ccc2nc(-c3ccc(F)cc3)c(-c3ccc(Cl)c(Cl)c3)nc2c1. The second-order valence-corrected chi connectivity index (χ2v) is 8.97. The summed E-state index contributed by atoms with van der Waals surface area (Å²) >= 11 is 12.4. The molecular weight excluding hydrogens is 500 g/mol. The van der Waals surface area contributed by atoms with Crippen molar-refractivity contribution in [2.75, 3.05) is 6.54 Å². The second kappa shape index (κ2) is 10.4. The van der Waals surface area contributed by atoms with E-state index in [1.54, 1.807) is 60.9 Å². The molecular formula is C27H20Cl2FN5O. The third-order valence-corrected chi connectivity index (χ3v) is 6.41. The molecule has 0 radical (unpaired) electrons. The molecule has 1 amide bonds. The Balaban J connectivity index is 1.47. The van der Waals surface area contributed by atoms with Gasteiger partial charge in [-0.1, -0.05) is 29.3 Å². The number of nitrogens with one attached hydrogen (secondary N) is 2. The normalized spacial score (nSPS) is 11.1. The van der Waals surface area contributed by atoms with Gasteiger partial charge in [0.2, 0.25) is 0 Å². The van der Waals surface area contributed by atoms with Gasteiger partial charge in [0.25, 0.3) is 5.91 Å². The molecule has 0 spiro atoms. The van der Waals surface area contributed by atoms with Gasteiger partial charge >= 0.3 is 0 Å². The zero-order chi connectivity index (χ0) is 25.1. The highest BCUT2D eigenvalue weighted by Gasteiger charge is 2.16. The highest BCUT2D eigenvalue weighted by molar-refractivity contribution is 6.42. The van der Waals surface area contributed by atoms with Crippen LogP contribution >= 0.6 is 23.2 Å². The lowest BCUT2D eigenvalue weighted by Gasteiger charge is -2.12. The van der Waals surface area contributed by atoms with Crippen molar-refractivity contribution in [2.45, 2.75) is 12.8 Å². The molecule has 2 N–H and O–H groups in total. The zero-order valence-corrected chi connectivity index (χ0v) is 20.4. The standard InChI is InChI=1S/C27H20Cl2FN5O/c28-20-9-5-17(14-21(20)29)26-25(16-3-7-19(30)8-4-16)34-22-10-6-18(15-23(22)35-26)27(36)33-11-1-2-24-31-12-13-32-24/h3-10,12-15H,1-2,11H2,(H,31,32)(H,33,36). The van der Waals surface area contributed by atoms with E-state index in [2.05, 4.69) is 15.3 Å². The summed E-state index contributed by atoms with van der Waals surface area (Å²) in [7, 11) is 0. The summed E-state index contributed by atoms with van der Waals surface area (Å²) in [6, 6.07) is 16.4.